The van der Waals surface area contributed by atoms with Gasteiger partial charge in [0.15, 0.2) is 0 Å². The van der Waals surface area contributed by atoms with Gasteiger partial charge in [0, 0.05) is 19.2 Å². The Hall–Kier alpha value is -2.10. The van der Waals surface area contributed by atoms with Crippen molar-refractivity contribution in [2.45, 2.75) is 20.8 Å². The number of carbonyl (C=O) groups excluding carboxylic acids is 2. The minimum atomic E-state index is -0.208. The maximum Gasteiger partial charge on any atom is 0.244 e. The molecule has 1 rings (SSSR count). The number of nitrogens with zero attached hydrogens (tertiary/aromatic N) is 1. The Morgan fingerprint density at radius 3 is 2.53 bits per heavy atom. The van der Waals surface area contributed by atoms with Crippen molar-refractivity contribution in [2.75, 3.05) is 18.4 Å². The monoisotopic (exact) mass is 260 g/mol. The van der Waals surface area contributed by atoms with E-state index in [1.165, 1.54) is 17.4 Å². The lowest BCUT2D eigenvalue weighted by molar-refractivity contribution is -0.132. The van der Waals surface area contributed by atoms with Crippen LogP contribution in [0.5, 0.6) is 0 Å². The molecule has 1 aromatic rings. The lowest BCUT2D eigenvalue weighted by Gasteiger charge is -2.18. The summed E-state index contributed by atoms with van der Waals surface area (Å²) in [4.78, 5) is 24.6. The smallest absolute Gasteiger partial charge is 0.244 e. The van der Waals surface area contributed by atoms with Crippen LogP contribution >= 0.6 is 0 Å². The molecular weight excluding hydrogens is 240 g/mol. The Bertz CT molecular complexity index is 495. The lowest BCUT2D eigenvalue weighted by atomic mass is 10.1. The van der Waals surface area contributed by atoms with Gasteiger partial charge >= 0.3 is 0 Å². The van der Waals surface area contributed by atoms with Gasteiger partial charge < -0.3 is 10.2 Å². The van der Waals surface area contributed by atoms with E-state index in [1.807, 2.05) is 32.0 Å². The van der Waals surface area contributed by atoms with Crippen LogP contribution in [0, 0.1) is 13.8 Å². The van der Waals surface area contributed by atoms with E-state index in [9.17, 15) is 9.59 Å². The molecule has 0 aliphatic rings. The van der Waals surface area contributed by atoms with Crippen molar-refractivity contribution in [3.63, 3.8) is 0 Å². The molecule has 2 amide bonds. The Balaban J connectivity index is 2.65. The Morgan fingerprint density at radius 1 is 1.32 bits per heavy atom. The SMILES string of the molecule is C=CCN(CC(=O)Nc1ccc(C)c(C)c1)C(C)=O. The van der Waals surface area contributed by atoms with Gasteiger partial charge in [-0.1, -0.05) is 12.1 Å². The van der Waals surface area contributed by atoms with Crippen LogP contribution < -0.4 is 5.32 Å². The minimum Gasteiger partial charge on any atom is -0.330 e. The minimum absolute atomic E-state index is 0.0360. The molecule has 0 heterocycles. The van der Waals surface area contributed by atoms with Crippen molar-refractivity contribution in [2.24, 2.45) is 0 Å². The fourth-order valence-electron chi connectivity index (χ4n) is 1.65. The number of anilines is 1. The van der Waals surface area contributed by atoms with Crippen molar-refractivity contribution < 1.29 is 9.59 Å². The first-order chi connectivity index (χ1) is 8.93. The number of aryl methyl sites for hydroxylation is 2. The summed E-state index contributed by atoms with van der Waals surface area (Å²) < 4.78 is 0. The van der Waals surface area contributed by atoms with Crippen LogP contribution in [0.3, 0.4) is 0 Å². The lowest BCUT2D eigenvalue weighted by Crippen LogP contribution is -2.36. The molecular formula is C15H20N2O2. The van der Waals surface area contributed by atoms with Gasteiger partial charge in [0.1, 0.15) is 6.54 Å². The molecule has 0 spiro atoms. The summed E-state index contributed by atoms with van der Waals surface area (Å²) in [5.74, 6) is -0.351. The highest BCUT2D eigenvalue weighted by molar-refractivity contribution is 5.94. The maximum absolute atomic E-state index is 11.9. The number of benzene rings is 1. The topological polar surface area (TPSA) is 49.4 Å². The van der Waals surface area contributed by atoms with Crippen LogP contribution in [0.1, 0.15) is 18.1 Å². The molecule has 1 N–H and O–H groups in total. The van der Waals surface area contributed by atoms with E-state index in [1.54, 1.807) is 6.08 Å². The molecule has 4 heteroatoms. The average molecular weight is 260 g/mol. The molecule has 19 heavy (non-hydrogen) atoms. The third kappa shape index (κ3) is 4.58. The molecule has 0 aliphatic carbocycles. The highest BCUT2D eigenvalue weighted by atomic mass is 16.2. The molecule has 0 aromatic heterocycles. The van der Waals surface area contributed by atoms with E-state index in [2.05, 4.69) is 11.9 Å². The molecule has 4 nitrogen and oxygen atoms in total. The Morgan fingerprint density at radius 2 is 2.00 bits per heavy atom. The molecule has 102 valence electrons. The zero-order chi connectivity index (χ0) is 14.4. The van der Waals surface area contributed by atoms with Gasteiger partial charge in [0.25, 0.3) is 0 Å². The third-order valence-electron chi connectivity index (χ3n) is 2.92. The quantitative estimate of drug-likeness (QED) is 0.826. The summed E-state index contributed by atoms with van der Waals surface area (Å²) in [5, 5.41) is 2.79. The first-order valence-corrected chi connectivity index (χ1v) is 6.17. The van der Waals surface area contributed by atoms with Crippen molar-refractivity contribution in [3.05, 3.63) is 42.0 Å². The zero-order valence-corrected chi connectivity index (χ0v) is 11.7. The van der Waals surface area contributed by atoms with Gasteiger partial charge in [-0.3, -0.25) is 9.59 Å². The van der Waals surface area contributed by atoms with E-state index in [4.69, 9.17) is 0 Å². The molecule has 1 aromatic carbocycles. The number of rotatable bonds is 5. The van der Waals surface area contributed by atoms with Gasteiger partial charge in [0.05, 0.1) is 0 Å². The van der Waals surface area contributed by atoms with Crippen molar-refractivity contribution in [3.8, 4) is 0 Å². The van der Waals surface area contributed by atoms with Crippen molar-refractivity contribution in [1.82, 2.24) is 4.90 Å². The number of carbonyl (C=O) groups is 2. The highest BCUT2D eigenvalue weighted by Gasteiger charge is 2.12. The Kier molecular flexibility index (Phi) is 5.30. The average Bonchev–Trinajstić information content (AvgIpc) is 2.33. The maximum atomic E-state index is 11.9. The fourth-order valence-corrected chi connectivity index (χ4v) is 1.65. The van der Waals surface area contributed by atoms with E-state index in [-0.39, 0.29) is 18.4 Å². The third-order valence-corrected chi connectivity index (χ3v) is 2.92. The summed E-state index contributed by atoms with van der Waals surface area (Å²) in [6.07, 6.45) is 1.60. The van der Waals surface area contributed by atoms with Crippen LogP contribution in [-0.4, -0.2) is 29.8 Å². The zero-order valence-electron chi connectivity index (χ0n) is 11.7. The predicted molar refractivity (Wildman–Crippen MR) is 77.0 cm³/mol. The van der Waals surface area contributed by atoms with Crippen LogP contribution in [0.25, 0.3) is 0 Å². The van der Waals surface area contributed by atoms with Crippen LogP contribution in [0.4, 0.5) is 5.69 Å². The second-order valence-corrected chi connectivity index (χ2v) is 4.54. The van der Waals surface area contributed by atoms with Crippen LogP contribution in [0.2, 0.25) is 0 Å². The number of hydrogen-bond donors (Lipinski definition) is 1. The molecule has 0 fully saturated rings. The largest absolute Gasteiger partial charge is 0.330 e. The molecule has 0 unspecified atom stereocenters. The normalized spacial score (nSPS) is 9.84. The molecule has 0 radical (unpaired) electrons. The number of hydrogen-bond acceptors (Lipinski definition) is 2. The first kappa shape index (κ1) is 15.0. The second-order valence-electron chi connectivity index (χ2n) is 4.54. The highest BCUT2D eigenvalue weighted by Crippen LogP contribution is 2.14. The summed E-state index contributed by atoms with van der Waals surface area (Å²) in [5.41, 5.74) is 3.04. The molecule has 0 saturated heterocycles. The molecule has 0 saturated carbocycles. The van der Waals surface area contributed by atoms with Crippen molar-refractivity contribution >= 4 is 17.5 Å². The summed E-state index contributed by atoms with van der Waals surface area (Å²) in [7, 11) is 0. The van der Waals surface area contributed by atoms with Gasteiger partial charge in [0.2, 0.25) is 11.8 Å². The van der Waals surface area contributed by atoms with Gasteiger partial charge in [-0.05, 0) is 37.1 Å². The molecule has 0 bridgehead atoms. The van der Waals surface area contributed by atoms with E-state index >= 15 is 0 Å². The summed E-state index contributed by atoms with van der Waals surface area (Å²) in [6.45, 7) is 9.42. The summed E-state index contributed by atoms with van der Waals surface area (Å²) >= 11 is 0. The van der Waals surface area contributed by atoms with Gasteiger partial charge in [-0.15, -0.1) is 6.58 Å². The first-order valence-electron chi connectivity index (χ1n) is 6.17. The van der Waals surface area contributed by atoms with Crippen molar-refractivity contribution in [1.29, 1.82) is 0 Å². The standard InChI is InChI=1S/C15H20N2O2/c1-5-8-17(13(4)18)10-15(19)16-14-7-6-11(2)12(3)9-14/h5-7,9H,1,8,10H2,2-4H3,(H,16,19). The van der Waals surface area contributed by atoms with Gasteiger partial charge in [-0.2, -0.15) is 0 Å². The van der Waals surface area contributed by atoms with E-state index in [0.29, 0.717) is 6.54 Å². The fraction of sp³-hybridized carbons (Fsp3) is 0.333. The molecule has 0 atom stereocenters. The predicted octanol–water partition coefficient (Wildman–Crippen LogP) is 2.28. The molecule has 0 aliphatic heterocycles. The van der Waals surface area contributed by atoms with E-state index in [0.717, 1.165) is 11.3 Å². The number of nitrogens with one attached hydrogen (secondary N) is 1. The summed E-state index contributed by atoms with van der Waals surface area (Å²) in [6, 6.07) is 5.72. The van der Waals surface area contributed by atoms with Crippen LogP contribution in [0.15, 0.2) is 30.9 Å². The van der Waals surface area contributed by atoms with Crippen LogP contribution in [-0.2, 0) is 9.59 Å². The Labute approximate surface area is 114 Å². The number of amides is 2. The second kappa shape index (κ2) is 6.73. The van der Waals surface area contributed by atoms with E-state index < -0.39 is 0 Å². The van der Waals surface area contributed by atoms with Gasteiger partial charge in [-0.25, -0.2) is 0 Å².